The van der Waals surface area contributed by atoms with Crippen LogP contribution < -0.4 is 5.73 Å². The molecule has 0 aliphatic carbocycles. The van der Waals surface area contributed by atoms with Gasteiger partial charge in [0.1, 0.15) is 5.52 Å². The third-order valence-corrected chi connectivity index (χ3v) is 4.32. The van der Waals surface area contributed by atoms with Gasteiger partial charge < -0.3 is 10.3 Å². The smallest absolute Gasteiger partial charge is 0.230 e. The highest BCUT2D eigenvalue weighted by molar-refractivity contribution is 8.00. The molecule has 1 amide bonds. The number of carbonyl (C=O) groups is 1. The molecule has 7 heteroatoms. The molecule has 0 saturated carbocycles. The van der Waals surface area contributed by atoms with Crippen LogP contribution in [0.25, 0.3) is 22.1 Å². The van der Waals surface area contributed by atoms with Gasteiger partial charge in [-0.25, -0.2) is 4.98 Å². The van der Waals surface area contributed by atoms with Crippen LogP contribution in [0.4, 0.5) is 0 Å². The van der Waals surface area contributed by atoms with Crippen molar-refractivity contribution in [3.63, 3.8) is 0 Å². The molecule has 0 bridgehead atoms. The Morgan fingerprint density at radius 1 is 1.38 bits per heavy atom. The van der Waals surface area contributed by atoms with Gasteiger partial charge in [-0.15, -0.1) is 10.2 Å². The number of thioether (sulfide) groups is 1. The summed E-state index contributed by atoms with van der Waals surface area (Å²) in [6, 6.07) is 8.02. The van der Waals surface area contributed by atoms with E-state index in [1.807, 2.05) is 24.3 Å². The number of para-hydroxylation sites is 1. The van der Waals surface area contributed by atoms with Crippen LogP contribution in [0, 0.1) is 0 Å². The highest BCUT2D eigenvalue weighted by atomic mass is 32.2. The van der Waals surface area contributed by atoms with Crippen molar-refractivity contribution < 1.29 is 4.79 Å². The minimum absolute atomic E-state index is 0.385. The lowest BCUT2D eigenvalue weighted by molar-refractivity contribution is -0.117. The van der Waals surface area contributed by atoms with Crippen molar-refractivity contribution in [3.8, 4) is 0 Å². The number of aryl methyl sites for hydroxylation is 1. The van der Waals surface area contributed by atoms with Crippen LogP contribution in [-0.4, -0.2) is 30.9 Å². The molecule has 108 valence electrons. The van der Waals surface area contributed by atoms with Crippen molar-refractivity contribution in [2.45, 2.75) is 30.8 Å². The fourth-order valence-electron chi connectivity index (χ4n) is 2.28. The first-order chi connectivity index (χ1) is 10.1. The van der Waals surface area contributed by atoms with Crippen molar-refractivity contribution in [2.24, 2.45) is 5.73 Å². The summed E-state index contributed by atoms with van der Waals surface area (Å²) < 4.78 is 2.10. The Labute approximate surface area is 125 Å². The Hall–Kier alpha value is -2.15. The minimum Gasteiger partial charge on any atom is -0.369 e. The molecule has 21 heavy (non-hydrogen) atoms. The van der Waals surface area contributed by atoms with E-state index >= 15 is 0 Å². The van der Waals surface area contributed by atoms with E-state index < -0.39 is 0 Å². The number of hydrogen-bond acceptors (Lipinski definition) is 5. The largest absolute Gasteiger partial charge is 0.369 e. The number of amides is 1. The van der Waals surface area contributed by atoms with Crippen LogP contribution in [0.3, 0.4) is 0 Å². The molecule has 6 nitrogen and oxygen atoms in total. The average Bonchev–Trinajstić information content (AvgIpc) is 2.80. The summed E-state index contributed by atoms with van der Waals surface area (Å²) in [4.78, 5) is 15.7. The topological polar surface area (TPSA) is 86.7 Å². The van der Waals surface area contributed by atoms with Gasteiger partial charge in [0, 0.05) is 11.9 Å². The zero-order valence-corrected chi connectivity index (χ0v) is 12.6. The summed E-state index contributed by atoms with van der Waals surface area (Å²) in [5, 5.41) is 9.51. The van der Waals surface area contributed by atoms with Gasteiger partial charge in [-0.3, -0.25) is 4.79 Å². The van der Waals surface area contributed by atoms with Crippen LogP contribution in [0.15, 0.2) is 29.4 Å². The predicted molar refractivity (Wildman–Crippen MR) is 83.0 cm³/mol. The summed E-state index contributed by atoms with van der Waals surface area (Å²) in [6.45, 7) is 4.58. The molecule has 0 aliphatic heterocycles. The number of fused-ring (bicyclic) bond motifs is 3. The van der Waals surface area contributed by atoms with E-state index in [0.29, 0.717) is 5.16 Å². The summed E-state index contributed by atoms with van der Waals surface area (Å²) in [5.41, 5.74) is 7.92. The zero-order valence-electron chi connectivity index (χ0n) is 11.8. The van der Waals surface area contributed by atoms with Crippen LogP contribution in [0.5, 0.6) is 0 Å². The molecule has 0 saturated heterocycles. The van der Waals surface area contributed by atoms with E-state index in [1.165, 1.54) is 11.8 Å². The van der Waals surface area contributed by atoms with Crippen LogP contribution in [0.1, 0.15) is 13.8 Å². The highest BCUT2D eigenvalue weighted by Crippen LogP contribution is 2.27. The molecule has 0 unspecified atom stereocenters. The fourth-order valence-corrected chi connectivity index (χ4v) is 2.94. The second-order valence-electron chi connectivity index (χ2n) is 4.69. The molecule has 0 fully saturated rings. The summed E-state index contributed by atoms with van der Waals surface area (Å²) in [6.07, 6.45) is 0. The molecule has 0 aliphatic rings. The fraction of sp³-hybridized carbons (Fsp3) is 0.286. The molecule has 1 aromatic carbocycles. The van der Waals surface area contributed by atoms with Gasteiger partial charge in [-0.2, -0.15) is 0 Å². The maximum Gasteiger partial charge on any atom is 0.230 e. The number of primary amides is 1. The Kier molecular flexibility index (Phi) is 3.50. The lowest BCUT2D eigenvalue weighted by Gasteiger charge is -2.05. The first-order valence-corrected chi connectivity index (χ1v) is 7.57. The molecular formula is C14H15N5OS. The first kappa shape index (κ1) is 13.8. The van der Waals surface area contributed by atoms with E-state index in [2.05, 4.69) is 26.7 Å². The predicted octanol–water partition coefficient (Wildman–Crippen LogP) is 1.97. The number of aromatic nitrogens is 4. The number of rotatable bonds is 4. The molecule has 3 aromatic rings. The van der Waals surface area contributed by atoms with Gasteiger partial charge in [-0.1, -0.05) is 30.0 Å². The number of nitrogens with two attached hydrogens (primary N) is 1. The van der Waals surface area contributed by atoms with Crippen molar-refractivity contribution in [1.29, 1.82) is 0 Å². The van der Waals surface area contributed by atoms with Gasteiger partial charge in [0.2, 0.25) is 11.1 Å². The lowest BCUT2D eigenvalue weighted by Crippen LogP contribution is -2.22. The summed E-state index contributed by atoms with van der Waals surface area (Å²) in [7, 11) is 0. The van der Waals surface area contributed by atoms with Gasteiger partial charge in [0.25, 0.3) is 0 Å². The van der Waals surface area contributed by atoms with Crippen molar-refractivity contribution in [3.05, 3.63) is 24.3 Å². The molecule has 0 radical (unpaired) electrons. The van der Waals surface area contributed by atoms with Crippen LogP contribution >= 0.6 is 11.8 Å². The average molecular weight is 301 g/mol. The second kappa shape index (κ2) is 5.33. The molecule has 3 rings (SSSR count). The lowest BCUT2D eigenvalue weighted by atomic mass is 10.2. The zero-order chi connectivity index (χ0) is 15.0. The SMILES string of the molecule is CCn1c2ccccc2c2nnc(S[C@@H](C)C(N)=O)nc21. The van der Waals surface area contributed by atoms with Gasteiger partial charge in [-0.05, 0) is 19.9 Å². The standard InChI is InChI=1S/C14H15N5OS/c1-3-19-10-7-5-4-6-9(10)11-13(19)16-14(18-17-11)21-8(2)12(15)20/h4-8H,3H2,1-2H3,(H2,15,20)/t8-/m0/s1. The third kappa shape index (κ3) is 2.33. The molecule has 0 spiro atoms. The Morgan fingerprint density at radius 2 is 2.14 bits per heavy atom. The van der Waals surface area contributed by atoms with Crippen molar-refractivity contribution >= 4 is 39.7 Å². The number of carbonyl (C=O) groups excluding carboxylic acids is 1. The maximum absolute atomic E-state index is 11.2. The summed E-state index contributed by atoms with van der Waals surface area (Å²) >= 11 is 1.22. The minimum atomic E-state index is -0.389. The van der Waals surface area contributed by atoms with E-state index in [1.54, 1.807) is 6.92 Å². The maximum atomic E-state index is 11.2. The van der Waals surface area contributed by atoms with E-state index in [4.69, 9.17) is 5.73 Å². The van der Waals surface area contributed by atoms with Gasteiger partial charge in [0.15, 0.2) is 5.65 Å². The number of hydrogen-bond donors (Lipinski definition) is 1. The van der Waals surface area contributed by atoms with Gasteiger partial charge >= 0.3 is 0 Å². The molecule has 2 aromatic heterocycles. The van der Waals surface area contributed by atoms with E-state index in [0.717, 1.165) is 28.6 Å². The Morgan fingerprint density at radius 3 is 2.86 bits per heavy atom. The van der Waals surface area contributed by atoms with E-state index in [9.17, 15) is 4.79 Å². The van der Waals surface area contributed by atoms with Crippen molar-refractivity contribution in [2.75, 3.05) is 0 Å². The third-order valence-electron chi connectivity index (χ3n) is 3.35. The quantitative estimate of drug-likeness (QED) is 0.744. The normalized spacial score (nSPS) is 12.9. The second-order valence-corrected chi connectivity index (χ2v) is 6.00. The highest BCUT2D eigenvalue weighted by Gasteiger charge is 2.17. The molecular weight excluding hydrogens is 286 g/mol. The molecule has 1 atom stereocenters. The summed E-state index contributed by atoms with van der Waals surface area (Å²) in [5.74, 6) is -0.389. The van der Waals surface area contributed by atoms with Crippen LogP contribution in [0.2, 0.25) is 0 Å². The Bertz CT molecular complexity index is 829. The van der Waals surface area contributed by atoms with E-state index in [-0.39, 0.29) is 11.2 Å². The molecule has 2 heterocycles. The molecule has 2 N–H and O–H groups in total. The number of nitrogens with zero attached hydrogens (tertiary/aromatic N) is 4. The Balaban J connectivity index is 2.17. The number of benzene rings is 1. The van der Waals surface area contributed by atoms with Gasteiger partial charge in [0.05, 0.1) is 10.8 Å². The monoisotopic (exact) mass is 301 g/mol. The van der Waals surface area contributed by atoms with Crippen molar-refractivity contribution in [1.82, 2.24) is 19.7 Å². The first-order valence-electron chi connectivity index (χ1n) is 6.69. The van der Waals surface area contributed by atoms with Crippen LogP contribution in [-0.2, 0) is 11.3 Å².